The highest BCUT2D eigenvalue weighted by molar-refractivity contribution is 7.98. The van der Waals surface area contributed by atoms with E-state index >= 15 is 0 Å². The second-order valence-electron chi connectivity index (χ2n) is 3.42. The molecule has 1 aromatic rings. The van der Waals surface area contributed by atoms with Crippen molar-refractivity contribution in [1.29, 1.82) is 0 Å². The van der Waals surface area contributed by atoms with Crippen LogP contribution in [0.4, 0.5) is 4.39 Å². The first-order valence-corrected chi connectivity index (χ1v) is 6.08. The number of carbonyl (C=O) groups is 1. The molecule has 3 N–H and O–H groups in total. The Morgan fingerprint density at radius 1 is 1.65 bits per heavy atom. The number of nitrogens with two attached hydrogens (primary N) is 1. The van der Waals surface area contributed by atoms with Gasteiger partial charge in [0.1, 0.15) is 17.6 Å². The number of thioether (sulfide) groups is 1. The van der Waals surface area contributed by atoms with Gasteiger partial charge in [0.15, 0.2) is 0 Å². The van der Waals surface area contributed by atoms with Crippen molar-refractivity contribution in [3.8, 4) is 5.75 Å². The van der Waals surface area contributed by atoms with Crippen molar-refractivity contribution >= 4 is 17.7 Å². The van der Waals surface area contributed by atoms with Gasteiger partial charge < -0.3 is 15.6 Å². The third-order valence-electron chi connectivity index (χ3n) is 2.11. The fourth-order valence-corrected chi connectivity index (χ4v) is 2.19. The van der Waals surface area contributed by atoms with Crippen LogP contribution in [0.25, 0.3) is 0 Å². The summed E-state index contributed by atoms with van der Waals surface area (Å²) < 4.78 is 18.1. The first kappa shape index (κ1) is 13.8. The van der Waals surface area contributed by atoms with E-state index in [0.717, 1.165) is 0 Å². The highest BCUT2D eigenvalue weighted by Gasteiger charge is 2.12. The Kier molecular flexibility index (Phi) is 5.24. The number of aliphatic carboxylic acids is 1. The van der Waals surface area contributed by atoms with Gasteiger partial charge in [-0.05, 0) is 18.2 Å². The largest absolute Gasteiger partial charge is 0.496 e. The summed E-state index contributed by atoms with van der Waals surface area (Å²) in [4.78, 5) is 10.5. The van der Waals surface area contributed by atoms with Crippen LogP contribution in [0.2, 0.25) is 0 Å². The zero-order chi connectivity index (χ0) is 12.8. The summed E-state index contributed by atoms with van der Waals surface area (Å²) in [6, 6.07) is 3.33. The zero-order valence-corrected chi connectivity index (χ0v) is 10.2. The molecule has 0 unspecified atom stereocenters. The molecular formula is C11H14FNO3S. The Balaban J connectivity index is 2.56. The number of benzene rings is 1. The topological polar surface area (TPSA) is 72.5 Å². The van der Waals surface area contributed by atoms with Gasteiger partial charge in [-0.15, -0.1) is 0 Å². The summed E-state index contributed by atoms with van der Waals surface area (Å²) in [5, 5.41) is 8.60. The van der Waals surface area contributed by atoms with Crippen molar-refractivity contribution in [2.75, 3.05) is 12.9 Å². The Labute approximate surface area is 103 Å². The van der Waals surface area contributed by atoms with E-state index in [1.807, 2.05) is 0 Å². The van der Waals surface area contributed by atoms with Crippen molar-refractivity contribution in [3.63, 3.8) is 0 Å². The molecular weight excluding hydrogens is 245 g/mol. The molecule has 0 heterocycles. The molecule has 0 fully saturated rings. The molecule has 1 atom stereocenters. The van der Waals surface area contributed by atoms with E-state index in [0.29, 0.717) is 17.1 Å². The molecule has 6 heteroatoms. The maximum atomic E-state index is 13.0. The van der Waals surface area contributed by atoms with E-state index in [-0.39, 0.29) is 11.6 Å². The fraction of sp³-hybridized carbons (Fsp3) is 0.364. The van der Waals surface area contributed by atoms with E-state index in [1.165, 1.54) is 31.0 Å². The number of methoxy groups -OCH3 is 1. The summed E-state index contributed by atoms with van der Waals surface area (Å²) in [7, 11) is 1.50. The van der Waals surface area contributed by atoms with Crippen molar-refractivity contribution in [2.24, 2.45) is 5.73 Å². The monoisotopic (exact) mass is 259 g/mol. The molecule has 1 rings (SSSR count). The summed E-state index contributed by atoms with van der Waals surface area (Å²) >= 11 is 1.33. The molecule has 0 aliphatic heterocycles. The van der Waals surface area contributed by atoms with Crippen LogP contribution in [0.3, 0.4) is 0 Å². The maximum Gasteiger partial charge on any atom is 0.321 e. The predicted octanol–water partition coefficient (Wildman–Crippen LogP) is 1.48. The zero-order valence-electron chi connectivity index (χ0n) is 9.35. The Hall–Kier alpha value is -1.27. The average Bonchev–Trinajstić information content (AvgIpc) is 2.29. The van der Waals surface area contributed by atoms with Gasteiger partial charge in [0.2, 0.25) is 0 Å². The minimum Gasteiger partial charge on any atom is -0.496 e. The van der Waals surface area contributed by atoms with Crippen LogP contribution in [-0.2, 0) is 10.5 Å². The summed E-state index contributed by atoms with van der Waals surface area (Å²) in [6.45, 7) is 0. The Bertz CT molecular complexity index is 400. The highest BCUT2D eigenvalue weighted by atomic mass is 32.2. The lowest BCUT2D eigenvalue weighted by molar-refractivity contribution is -0.137. The lowest BCUT2D eigenvalue weighted by atomic mass is 10.2. The van der Waals surface area contributed by atoms with Crippen LogP contribution >= 0.6 is 11.8 Å². The van der Waals surface area contributed by atoms with Gasteiger partial charge in [-0.2, -0.15) is 11.8 Å². The normalized spacial score (nSPS) is 12.2. The standard InChI is InChI=1S/C11H14FNO3S/c1-16-10-3-2-8(12)4-7(10)5-17-6-9(13)11(14)15/h2-4,9H,5-6,13H2,1H3,(H,14,15)/t9-/m0/s1. The fourth-order valence-electron chi connectivity index (χ4n) is 1.23. The minimum atomic E-state index is -1.04. The van der Waals surface area contributed by atoms with Crippen LogP contribution in [-0.4, -0.2) is 30.0 Å². The van der Waals surface area contributed by atoms with Crippen LogP contribution < -0.4 is 10.5 Å². The molecule has 4 nitrogen and oxygen atoms in total. The Morgan fingerprint density at radius 3 is 2.94 bits per heavy atom. The van der Waals surface area contributed by atoms with E-state index in [9.17, 15) is 9.18 Å². The number of rotatable bonds is 6. The first-order valence-electron chi connectivity index (χ1n) is 4.93. The van der Waals surface area contributed by atoms with Crippen molar-refractivity contribution in [1.82, 2.24) is 0 Å². The quantitative estimate of drug-likeness (QED) is 0.809. The highest BCUT2D eigenvalue weighted by Crippen LogP contribution is 2.24. The van der Waals surface area contributed by atoms with Gasteiger partial charge >= 0.3 is 5.97 Å². The van der Waals surface area contributed by atoms with E-state index in [2.05, 4.69) is 0 Å². The first-order chi connectivity index (χ1) is 8.04. The van der Waals surface area contributed by atoms with Gasteiger partial charge in [-0.3, -0.25) is 4.79 Å². The predicted molar refractivity (Wildman–Crippen MR) is 64.7 cm³/mol. The number of hydrogen-bond acceptors (Lipinski definition) is 4. The second-order valence-corrected chi connectivity index (χ2v) is 4.45. The second kappa shape index (κ2) is 6.46. The van der Waals surface area contributed by atoms with Crippen molar-refractivity contribution < 1.29 is 19.0 Å². The van der Waals surface area contributed by atoms with Crippen LogP contribution in [0.15, 0.2) is 18.2 Å². The maximum absolute atomic E-state index is 13.0. The number of halogens is 1. The van der Waals surface area contributed by atoms with Gasteiger partial charge in [-0.1, -0.05) is 0 Å². The third-order valence-corrected chi connectivity index (χ3v) is 3.22. The van der Waals surface area contributed by atoms with Crippen molar-refractivity contribution in [3.05, 3.63) is 29.6 Å². The molecule has 0 spiro atoms. The SMILES string of the molecule is COc1ccc(F)cc1CSC[C@H](N)C(=O)O. The number of carboxylic acid groups (broad SMARTS) is 1. The summed E-state index contributed by atoms with van der Waals surface area (Å²) in [5.41, 5.74) is 6.05. The number of hydrogen-bond donors (Lipinski definition) is 2. The van der Waals surface area contributed by atoms with E-state index in [1.54, 1.807) is 6.07 Å². The minimum absolute atomic E-state index is 0.273. The van der Waals surface area contributed by atoms with E-state index in [4.69, 9.17) is 15.6 Å². The van der Waals surface area contributed by atoms with Crippen LogP contribution in [0.1, 0.15) is 5.56 Å². The average molecular weight is 259 g/mol. The number of ether oxygens (including phenoxy) is 1. The molecule has 0 aliphatic carbocycles. The van der Waals surface area contributed by atoms with Crippen molar-refractivity contribution in [2.45, 2.75) is 11.8 Å². The molecule has 0 aromatic heterocycles. The molecule has 0 saturated carbocycles. The third kappa shape index (κ3) is 4.24. The molecule has 94 valence electrons. The lowest BCUT2D eigenvalue weighted by Gasteiger charge is -2.09. The van der Waals surface area contributed by atoms with Gasteiger partial charge in [0.25, 0.3) is 0 Å². The number of carboxylic acids is 1. The molecule has 0 bridgehead atoms. The van der Waals surface area contributed by atoms with Gasteiger partial charge in [0, 0.05) is 17.1 Å². The molecule has 0 saturated heterocycles. The molecule has 0 amide bonds. The molecule has 0 radical (unpaired) electrons. The van der Waals surface area contributed by atoms with Crippen LogP contribution in [0, 0.1) is 5.82 Å². The smallest absolute Gasteiger partial charge is 0.321 e. The lowest BCUT2D eigenvalue weighted by Crippen LogP contribution is -2.32. The molecule has 17 heavy (non-hydrogen) atoms. The molecule has 0 aliphatic rings. The van der Waals surface area contributed by atoms with E-state index < -0.39 is 12.0 Å². The summed E-state index contributed by atoms with van der Waals surface area (Å²) in [6.07, 6.45) is 0. The van der Waals surface area contributed by atoms with Gasteiger partial charge in [-0.25, -0.2) is 4.39 Å². The van der Waals surface area contributed by atoms with Gasteiger partial charge in [0.05, 0.1) is 7.11 Å². The van der Waals surface area contributed by atoms with Crippen LogP contribution in [0.5, 0.6) is 5.75 Å². The summed E-state index contributed by atoms with van der Waals surface area (Å²) in [5.74, 6) is -0.0628. The molecule has 1 aromatic carbocycles. The Morgan fingerprint density at radius 2 is 2.35 bits per heavy atom.